The Labute approximate surface area is 164 Å². The topological polar surface area (TPSA) is 57.7 Å². The summed E-state index contributed by atoms with van der Waals surface area (Å²) in [5.41, 5.74) is 1.95. The number of nitrogens with zero attached hydrogens (tertiary/aromatic N) is 2. The van der Waals surface area contributed by atoms with Gasteiger partial charge in [0.25, 0.3) is 0 Å². The fourth-order valence-electron chi connectivity index (χ4n) is 2.48. The first-order valence-corrected chi connectivity index (χ1v) is 10.4. The molecule has 0 aliphatic heterocycles. The summed E-state index contributed by atoms with van der Waals surface area (Å²) in [5, 5.41) is 0.787. The molecule has 0 N–H and O–H groups in total. The van der Waals surface area contributed by atoms with Crippen LogP contribution in [0.5, 0.6) is 0 Å². The Morgan fingerprint density at radius 1 is 1.08 bits per heavy atom. The predicted molar refractivity (Wildman–Crippen MR) is 106 cm³/mol. The maximum Gasteiger partial charge on any atom is 0.243 e. The lowest BCUT2D eigenvalue weighted by Crippen LogP contribution is -2.41. The standard InChI is InChI=1S/C18H20Cl2N2O3S/c1-13-7-4-5-10-16(13)22(26(3,24)25)12-17(23)21(2)11-14-8-6-9-15(19)18(14)20/h4-10H,11-12H2,1-3H3. The van der Waals surface area contributed by atoms with Crippen molar-refractivity contribution in [2.75, 3.05) is 24.2 Å². The van der Waals surface area contributed by atoms with Gasteiger partial charge in [0.1, 0.15) is 6.54 Å². The molecule has 0 fully saturated rings. The zero-order valence-corrected chi connectivity index (χ0v) is 17.1. The highest BCUT2D eigenvalue weighted by molar-refractivity contribution is 7.92. The molecule has 0 unspecified atom stereocenters. The Bertz CT molecular complexity index is 916. The third kappa shape index (κ3) is 4.90. The lowest BCUT2D eigenvalue weighted by molar-refractivity contribution is -0.128. The summed E-state index contributed by atoms with van der Waals surface area (Å²) < 4.78 is 25.5. The van der Waals surface area contributed by atoms with Gasteiger partial charge in [-0.15, -0.1) is 0 Å². The smallest absolute Gasteiger partial charge is 0.243 e. The Kier molecular flexibility index (Phi) is 6.55. The first kappa shape index (κ1) is 20.6. The number of amides is 1. The fraction of sp³-hybridized carbons (Fsp3) is 0.278. The summed E-state index contributed by atoms with van der Waals surface area (Å²) in [5.74, 6) is -0.352. The number of hydrogen-bond donors (Lipinski definition) is 0. The second kappa shape index (κ2) is 8.29. The van der Waals surface area contributed by atoms with Gasteiger partial charge in [0.2, 0.25) is 15.9 Å². The van der Waals surface area contributed by atoms with Crippen molar-refractivity contribution in [3.8, 4) is 0 Å². The molecule has 5 nitrogen and oxygen atoms in total. The zero-order valence-electron chi connectivity index (χ0n) is 14.7. The van der Waals surface area contributed by atoms with Crippen LogP contribution in [-0.2, 0) is 21.4 Å². The number of carbonyl (C=O) groups is 1. The Hall–Kier alpha value is -1.76. The highest BCUT2D eigenvalue weighted by Gasteiger charge is 2.24. The molecule has 2 rings (SSSR count). The van der Waals surface area contributed by atoms with Crippen LogP contribution in [0.25, 0.3) is 0 Å². The Morgan fingerprint density at radius 2 is 1.73 bits per heavy atom. The van der Waals surface area contributed by atoms with Crippen molar-refractivity contribution in [2.45, 2.75) is 13.5 Å². The van der Waals surface area contributed by atoms with Gasteiger partial charge in [-0.1, -0.05) is 53.5 Å². The van der Waals surface area contributed by atoms with Crippen molar-refractivity contribution in [1.82, 2.24) is 4.90 Å². The van der Waals surface area contributed by atoms with Gasteiger partial charge < -0.3 is 4.90 Å². The van der Waals surface area contributed by atoms with Gasteiger partial charge in [0, 0.05) is 13.6 Å². The number of halogens is 2. The molecule has 0 atom stereocenters. The second-order valence-electron chi connectivity index (χ2n) is 6.02. The molecule has 1 amide bonds. The number of aryl methyl sites for hydroxylation is 1. The molecule has 8 heteroatoms. The Balaban J connectivity index is 2.22. The van der Waals surface area contributed by atoms with Gasteiger partial charge in [0.15, 0.2) is 0 Å². The van der Waals surface area contributed by atoms with Crippen molar-refractivity contribution >= 4 is 44.8 Å². The van der Waals surface area contributed by atoms with Crippen molar-refractivity contribution in [3.05, 3.63) is 63.6 Å². The summed E-state index contributed by atoms with van der Waals surface area (Å²) in [6.07, 6.45) is 1.08. The number of carbonyl (C=O) groups excluding carboxylic acids is 1. The number of para-hydroxylation sites is 1. The van der Waals surface area contributed by atoms with Crippen LogP contribution in [0.3, 0.4) is 0 Å². The molecule has 2 aromatic rings. The lowest BCUT2D eigenvalue weighted by Gasteiger charge is -2.26. The minimum atomic E-state index is -3.62. The van der Waals surface area contributed by atoms with E-state index < -0.39 is 10.0 Å². The van der Waals surface area contributed by atoms with E-state index in [-0.39, 0.29) is 19.0 Å². The van der Waals surface area contributed by atoms with Gasteiger partial charge >= 0.3 is 0 Å². The molecular weight excluding hydrogens is 395 g/mol. The summed E-state index contributed by atoms with van der Waals surface area (Å²) in [4.78, 5) is 14.1. The average Bonchev–Trinajstić information content (AvgIpc) is 2.56. The molecule has 0 bridgehead atoms. The number of benzene rings is 2. The number of likely N-dealkylation sites (N-methyl/N-ethyl adjacent to an activating group) is 1. The SMILES string of the molecule is Cc1ccccc1N(CC(=O)N(C)Cc1cccc(Cl)c1Cl)S(C)(=O)=O. The largest absolute Gasteiger partial charge is 0.340 e. The first-order valence-electron chi connectivity index (χ1n) is 7.81. The monoisotopic (exact) mass is 414 g/mol. The van der Waals surface area contributed by atoms with E-state index in [4.69, 9.17) is 23.2 Å². The summed E-state index contributed by atoms with van der Waals surface area (Å²) >= 11 is 12.2. The molecule has 26 heavy (non-hydrogen) atoms. The van der Waals surface area contributed by atoms with E-state index in [1.165, 1.54) is 4.90 Å². The van der Waals surface area contributed by atoms with Crippen LogP contribution in [0.2, 0.25) is 10.0 Å². The minimum Gasteiger partial charge on any atom is -0.340 e. The van der Waals surface area contributed by atoms with Crippen LogP contribution in [0.15, 0.2) is 42.5 Å². The minimum absolute atomic E-state index is 0.226. The molecule has 0 aliphatic carbocycles. The van der Waals surface area contributed by atoms with Gasteiger partial charge in [-0.25, -0.2) is 8.42 Å². The van der Waals surface area contributed by atoms with Crippen molar-refractivity contribution < 1.29 is 13.2 Å². The van der Waals surface area contributed by atoms with Gasteiger partial charge in [-0.2, -0.15) is 0 Å². The highest BCUT2D eigenvalue weighted by atomic mass is 35.5. The number of hydrogen-bond acceptors (Lipinski definition) is 3. The number of sulfonamides is 1. The van der Waals surface area contributed by atoms with E-state index in [1.807, 2.05) is 6.07 Å². The maximum absolute atomic E-state index is 12.6. The molecule has 0 radical (unpaired) electrons. The lowest BCUT2D eigenvalue weighted by atomic mass is 10.2. The summed E-state index contributed by atoms with van der Waals surface area (Å²) in [7, 11) is -2.02. The number of anilines is 1. The number of rotatable bonds is 6. The predicted octanol–water partition coefficient (Wildman–Crippen LogP) is 3.73. The normalized spacial score (nSPS) is 11.3. The summed E-state index contributed by atoms with van der Waals surface area (Å²) in [6.45, 7) is 1.73. The third-order valence-corrected chi connectivity index (χ3v) is 5.91. The quantitative estimate of drug-likeness (QED) is 0.723. The average molecular weight is 415 g/mol. The molecular formula is C18H20Cl2N2O3S. The molecule has 0 saturated heterocycles. The fourth-order valence-corrected chi connectivity index (χ4v) is 3.77. The van der Waals surface area contributed by atoms with E-state index in [1.54, 1.807) is 50.4 Å². The molecule has 0 heterocycles. The van der Waals surface area contributed by atoms with Crippen LogP contribution < -0.4 is 4.31 Å². The first-order chi connectivity index (χ1) is 12.1. The second-order valence-corrected chi connectivity index (χ2v) is 8.71. The molecule has 2 aromatic carbocycles. The third-order valence-electron chi connectivity index (χ3n) is 3.93. The van der Waals surface area contributed by atoms with E-state index in [9.17, 15) is 13.2 Å². The molecule has 0 aliphatic rings. The van der Waals surface area contributed by atoms with Crippen LogP contribution in [-0.4, -0.2) is 39.1 Å². The van der Waals surface area contributed by atoms with Gasteiger partial charge in [0.05, 0.1) is 22.0 Å². The van der Waals surface area contributed by atoms with Crippen molar-refractivity contribution in [2.24, 2.45) is 0 Å². The Morgan fingerprint density at radius 3 is 2.35 bits per heavy atom. The van der Waals surface area contributed by atoms with Crippen molar-refractivity contribution in [1.29, 1.82) is 0 Å². The van der Waals surface area contributed by atoms with Crippen LogP contribution in [0, 0.1) is 6.92 Å². The van der Waals surface area contributed by atoms with Crippen LogP contribution >= 0.6 is 23.2 Å². The molecule has 0 spiro atoms. The highest BCUT2D eigenvalue weighted by Crippen LogP contribution is 2.27. The molecule has 140 valence electrons. The van der Waals surface area contributed by atoms with E-state index in [0.29, 0.717) is 21.3 Å². The summed E-state index contributed by atoms with van der Waals surface area (Å²) in [6, 6.07) is 12.2. The van der Waals surface area contributed by atoms with Gasteiger partial charge in [-0.3, -0.25) is 9.10 Å². The zero-order chi connectivity index (χ0) is 19.5. The van der Waals surface area contributed by atoms with E-state index in [0.717, 1.165) is 16.1 Å². The van der Waals surface area contributed by atoms with Crippen LogP contribution in [0.1, 0.15) is 11.1 Å². The van der Waals surface area contributed by atoms with E-state index >= 15 is 0 Å². The van der Waals surface area contributed by atoms with Gasteiger partial charge in [-0.05, 0) is 30.2 Å². The maximum atomic E-state index is 12.6. The molecule has 0 saturated carbocycles. The van der Waals surface area contributed by atoms with Crippen LogP contribution in [0.4, 0.5) is 5.69 Å². The van der Waals surface area contributed by atoms with Crippen molar-refractivity contribution in [3.63, 3.8) is 0 Å². The van der Waals surface area contributed by atoms with E-state index in [2.05, 4.69) is 0 Å². The molecule has 0 aromatic heterocycles.